The summed E-state index contributed by atoms with van der Waals surface area (Å²) in [5.74, 6) is 0.980. The van der Waals surface area contributed by atoms with Gasteiger partial charge in [-0.15, -0.1) is 5.10 Å². The predicted octanol–water partition coefficient (Wildman–Crippen LogP) is 2.88. The van der Waals surface area contributed by atoms with Crippen molar-refractivity contribution in [2.75, 3.05) is 31.1 Å². The lowest BCUT2D eigenvalue weighted by Gasteiger charge is -2.35. The van der Waals surface area contributed by atoms with Crippen molar-refractivity contribution in [1.29, 1.82) is 0 Å². The van der Waals surface area contributed by atoms with Crippen LogP contribution in [0.5, 0.6) is 0 Å². The van der Waals surface area contributed by atoms with Crippen molar-refractivity contribution in [3.63, 3.8) is 0 Å². The summed E-state index contributed by atoms with van der Waals surface area (Å²) in [7, 11) is 0. The largest absolute Gasteiger partial charge is 0.352 e. The van der Waals surface area contributed by atoms with Crippen molar-refractivity contribution < 1.29 is 9.72 Å². The molecule has 1 aliphatic heterocycles. The number of carbonyl (C=O) groups is 1. The minimum atomic E-state index is -0.559. The molecule has 2 aliphatic rings. The summed E-state index contributed by atoms with van der Waals surface area (Å²) in [6.07, 6.45) is 2.37. The number of hydrogen-bond donors (Lipinski definition) is 0. The Morgan fingerprint density at radius 1 is 1.11 bits per heavy atom. The molecular weight excluding hydrogens is 370 g/mol. The van der Waals surface area contributed by atoms with Crippen LogP contribution in [0.2, 0.25) is 5.02 Å². The number of nitro benzene ring substituents is 1. The van der Waals surface area contributed by atoms with Crippen molar-refractivity contribution >= 4 is 29.0 Å². The maximum Gasteiger partial charge on any atom is 0.282 e. The second-order valence-electron chi connectivity index (χ2n) is 6.79. The van der Waals surface area contributed by atoms with Gasteiger partial charge >= 0.3 is 0 Å². The van der Waals surface area contributed by atoms with E-state index in [1.54, 1.807) is 4.90 Å². The van der Waals surface area contributed by atoms with Gasteiger partial charge in [0, 0.05) is 43.2 Å². The van der Waals surface area contributed by atoms with E-state index in [4.69, 9.17) is 11.6 Å². The summed E-state index contributed by atoms with van der Waals surface area (Å²) in [6, 6.07) is 8.03. The molecule has 140 valence electrons. The van der Waals surface area contributed by atoms with E-state index in [1.807, 2.05) is 12.1 Å². The number of amides is 1. The van der Waals surface area contributed by atoms with Crippen LogP contribution < -0.4 is 4.90 Å². The first-order chi connectivity index (χ1) is 13.0. The Hall–Kier alpha value is -2.74. The van der Waals surface area contributed by atoms with Crippen LogP contribution in [0.25, 0.3) is 0 Å². The third-order valence-corrected chi connectivity index (χ3v) is 5.18. The maximum atomic E-state index is 12.8. The summed E-state index contributed by atoms with van der Waals surface area (Å²) in [4.78, 5) is 27.1. The summed E-state index contributed by atoms with van der Waals surface area (Å²) in [5.41, 5.74) is 0.837. The summed E-state index contributed by atoms with van der Waals surface area (Å²) in [6.45, 7) is 2.10. The lowest BCUT2D eigenvalue weighted by Crippen LogP contribution is -2.49. The Bertz CT molecular complexity index is 877. The molecule has 2 heterocycles. The Morgan fingerprint density at radius 3 is 2.44 bits per heavy atom. The number of anilines is 1. The number of nitro groups is 1. The molecule has 0 radical (unpaired) electrons. The number of benzene rings is 1. The summed E-state index contributed by atoms with van der Waals surface area (Å²) >= 11 is 5.93. The van der Waals surface area contributed by atoms with Gasteiger partial charge in [-0.05, 0) is 37.1 Å². The van der Waals surface area contributed by atoms with E-state index >= 15 is 0 Å². The van der Waals surface area contributed by atoms with Gasteiger partial charge < -0.3 is 9.80 Å². The smallest absolute Gasteiger partial charge is 0.282 e. The van der Waals surface area contributed by atoms with Crippen LogP contribution in [-0.4, -0.2) is 52.1 Å². The highest BCUT2D eigenvalue weighted by Crippen LogP contribution is 2.38. The molecule has 2 aromatic rings. The molecule has 1 amide bonds. The quantitative estimate of drug-likeness (QED) is 0.591. The van der Waals surface area contributed by atoms with E-state index in [9.17, 15) is 14.9 Å². The third kappa shape index (κ3) is 3.71. The lowest BCUT2D eigenvalue weighted by atomic mass is 10.1. The second kappa shape index (κ2) is 7.11. The van der Waals surface area contributed by atoms with Crippen molar-refractivity contribution in [3.05, 3.63) is 56.7 Å². The minimum Gasteiger partial charge on any atom is -0.352 e. The van der Waals surface area contributed by atoms with E-state index in [0.717, 1.165) is 11.5 Å². The van der Waals surface area contributed by atoms with Gasteiger partial charge in [0.05, 0.1) is 10.6 Å². The topological polar surface area (TPSA) is 92.5 Å². The van der Waals surface area contributed by atoms with Crippen molar-refractivity contribution in [3.8, 4) is 0 Å². The zero-order valence-corrected chi connectivity index (χ0v) is 15.3. The molecule has 4 rings (SSSR count). The van der Waals surface area contributed by atoms with E-state index in [0.29, 0.717) is 37.1 Å². The van der Waals surface area contributed by atoms with Crippen molar-refractivity contribution in [2.45, 2.75) is 18.8 Å². The highest BCUT2D eigenvalue weighted by atomic mass is 35.5. The number of halogens is 1. The second-order valence-corrected chi connectivity index (χ2v) is 7.22. The monoisotopic (exact) mass is 387 g/mol. The van der Waals surface area contributed by atoms with Crippen LogP contribution in [0, 0.1) is 10.1 Å². The molecule has 1 aromatic carbocycles. The predicted molar refractivity (Wildman–Crippen MR) is 100 cm³/mol. The fraction of sp³-hybridized carbons (Fsp3) is 0.389. The molecule has 0 bridgehead atoms. The molecule has 27 heavy (non-hydrogen) atoms. The van der Waals surface area contributed by atoms with Gasteiger partial charge in [-0.3, -0.25) is 14.9 Å². The van der Waals surface area contributed by atoms with Crippen molar-refractivity contribution in [2.24, 2.45) is 0 Å². The molecule has 0 atom stereocenters. The minimum absolute atomic E-state index is 0.0227. The maximum absolute atomic E-state index is 12.8. The molecule has 9 heteroatoms. The van der Waals surface area contributed by atoms with Gasteiger partial charge in [0.15, 0.2) is 5.82 Å². The molecule has 0 spiro atoms. The van der Waals surface area contributed by atoms with Gasteiger partial charge in [0.2, 0.25) is 0 Å². The average Bonchev–Trinajstić information content (AvgIpc) is 3.53. The van der Waals surface area contributed by atoms with Crippen LogP contribution in [0.1, 0.15) is 34.8 Å². The molecule has 0 N–H and O–H groups in total. The van der Waals surface area contributed by atoms with Crippen LogP contribution in [0.15, 0.2) is 30.3 Å². The Labute approximate surface area is 160 Å². The van der Waals surface area contributed by atoms with Gasteiger partial charge in [-0.25, -0.2) is 0 Å². The third-order valence-electron chi connectivity index (χ3n) is 4.94. The first-order valence-electron chi connectivity index (χ1n) is 8.85. The number of piperazine rings is 1. The van der Waals surface area contributed by atoms with Gasteiger partial charge in [-0.2, -0.15) is 5.10 Å². The molecule has 1 saturated heterocycles. The Morgan fingerprint density at radius 2 is 1.85 bits per heavy atom. The Balaban J connectivity index is 1.43. The molecule has 1 aliphatic carbocycles. The van der Waals surface area contributed by atoms with Crippen LogP contribution in [0.3, 0.4) is 0 Å². The fourth-order valence-corrected chi connectivity index (χ4v) is 3.42. The molecular formula is C18H18ClN5O3. The summed E-state index contributed by atoms with van der Waals surface area (Å²) < 4.78 is 0. The van der Waals surface area contributed by atoms with Gasteiger partial charge in [0.25, 0.3) is 11.6 Å². The molecule has 2 fully saturated rings. The highest BCUT2D eigenvalue weighted by molar-refractivity contribution is 6.31. The van der Waals surface area contributed by atoms with Crippen LogP contribution in [0.4, 0.5) is 11.5 Å². The van der Waals surface area contributed by atoms with E-state index < -0.39 is 4.92 Å². The number of nitrogens with zero attached hydrogens (tertiary/aromatic N) is 5. The first-order valence-corrected chi connectivity index (χ1v) is 9.22. The zero-order chi connectivity index (χ0) is 19.0. The number of hydrogen-bond acceptors (Lipinski definition) is 6. The Kier molecular flexibility index (Phi) is 4.65. The molecule has 8 nitrogen and oxygen atoms in total. The SMILES string of the molecule is O=C(c1cc(Cl)ccc1[N+](=O)[O-])N1CCN(c2ccc(C3CC3)nn2)CC1. The molecule has 1 aromatic heterocycles. The molecule has 1 saturated carbocycles. The number of carbonyl (C=O) groups excluding carboxylic acids is 1. The highest BCUT2D eigenvalue weighted by Gasteiger charge is 2.29. The standard InChI is InChI=1S/C18H18ClN5O3/c19-13-3-5-16(24(26)27)14(11-13)18(25)23-9-7-22(8-10-23)17-6-4-15(20-21-17)12-1-2-12/h3-6,11-12H,1-2,7-10H2. The van der Waals surface area contributed by atoms with E-state index in [2.05, 4.69) is 15.1 Å². The summed E-state index contributed by atoms with van der Waals surface area (Å²) in [5, 5.41) is 20.1. The number of rotatable bonds is 4. The number of aromatic nitrogens is 2. The average molecular weight is 388 g/mol. The first kappa shape index (κ1) is 17.7. The van der Waals surface area contributed by atoms with E-state index in [1.165, 1.54) is 31.0 Å². The van der Waals surface area contributed by atoms with Crippen LogP contribution >= 0.6 is 11.6 Å². The van der Waals surface area contributed by atoms with Crippen molar-refractivity contribution in [1.82, 2.24) is 15.1 Å². The van der Waals surface area contributed by atoms with Crippen LogP contribution in [-0.2, 0) is 0 Å². The normalized spacial score (nSPS) is 17.1. The van der Waals surface area contributed by atoms with E-state index in [-0.39, 0.29) is 17.2 Å². The van der Waals surface area contributed by atoms with Gasteiger partial charge in [0.1, 0.15) is 5.56 Å². The lowest BCUT2D eigenvalue weighted by molar-refractivity contribution is -0.385. The fourth-order valence-electron chi connectivity index (χ4n) is 3.25. The van der Waals surface area contributed by atoms with Gasteiger partial charge in [-0.1, -0.05) is 11.6 Å². The zero-order valence-electron chi connectivity index (χ0n) is 14.5. The molecule has 0 unspecified atom stereocenters.